The van der Waals surface area contributed by atoms with E-state index < -0.39 is 17.8 Å². The molecule has 2 aromatic rings. The summed E-state index contributed by atoms with van der Waals surface area (Å²) < 4.78 is 23.5. The molecule has 2 rings (SSSR count). The van der Waals surface area contributed by atoms with Crippen molar-refractivity contribution in [2.45, 2.75) is 18.9 Å². The van der Waals surface area contributed by atoms with Crippen LogP contribution in [0.4, 0.5) is 4.39 Å². The summed E-state index contributed by atoms with van der Waals surface area (Å²) in [6.45, 7) is 0. The Labute approximate surface area is 145 Å². The van der Waals surface area contributed by atoms with Gasteiger partial charge >= 0.3 is 5.97 Å². The Kier molecular flexibility index (Phi) is 6.51. The zero-order valence-electron chi connectivity index (χ0n) is 14.1. The van der Waals surface area contributed by atoms with Gasteiger partial charge in [0, 0.05) is 0 Å². The molecule has 0 aliphatic carbocycles. The molecule has 5 nitrogen and oxygen atoms in total. The van der Waals surface area contributed by atoms with E-state index in [-0.39, 0.29) is 18.7 Å². The monoisotopic (exact) mass is 345 g/mol. The first-order chi connectivity index (χ1) is 12.0. The minimum absolute atomic E-state index is 0.0220. The highest BCUT2D eigenvalue weighted by atomic mass is 19.1. The molecule has 1 atom stereocenters. The third-order valence-corrected chi connectivity index (χ3v) is 3.76. The fourth-order valence-electron chi connectivity index (χ4n) is 2.40. The summed E-state index contributed by atoms with van der Waals surface area (Å²) in [5.41, 5.74) is 1.03. The molecule has 132 valence electrons. The SMILES string of the molecule is COC(=O)CC(NC(=O)Cc1ccccc1F)c1ccc(OC)cc1. The van der Waals surface area contributed by atoms with Crippen molar-refractivity contribution in [3.05, 3.63) is 65.5 Å². The van der Waals surface area contributed by atoms with Gasteiger partial charge in [-0.3, -0.25) is 9.59 Å². The molecule has 0 saturated heterocycles. The molecule has 6 heteroatoms. The van der Waals surface area contributed by atoms with E-state index in [4.69, 9.17) is 9.47 Å². The molecule has 0 aromatic heterocycles. The zero-order valence-corrected chi connectivity index (χ0v) is 14.1. The number of carbonyl (C=O) groups is 2. The van der Waals surface area contributed by atoms with E-state index in [1.165, 1.54) is 13.2 Å². The zero-order chi connectivity index (χ0) is 18.2. The number of rotatable bonds is 7. The number of benzene rings is 2. The Morgan fingerprint density at radius 2 is 1.76 bits per heavy atom. The summed E-state index contributed by atoms with van der Waals surface area (Å²) >= 11 is 0. The van der Waals surface area contributed by atoms with Gasteiger partial charge in [-0.2, -0.15) is 0 Å². The van der Waals surface area contributed by atoms with Crippen LogP contribution in [-0.2, 0) is 20.7 Å². The number of esters is 1. The van der Waals surface area contributed by atoms with Crippen molar-refractivity contribution in [3.8, 4) is 5.75 Å². The minimum atomic E-state index is -0.572. The van der Waals surface area contributed by atoms with Gasteiger partial charge in [0.1, 0.15) is 11.6 Å². The number of hydrogen-bond acceptors (Lipinski definition) is 4. The van der Waals surface area contributed by atoms with Gasteiger partial charge in [-0.05, 0) is 29.3 Å². The van der Waals surface area contributed by atoms with Crippen molar-refractivity contribution in [3.63, 3.8) is 0 Å². The van der Waals surface area contributed by atoms with Gasteiger partial charge in [0.05, 0.1) is 33.1 Å². The van der Waals surface area contributed by atoms with E-state index in [0.29, 0.717) is 11.3 Å². The maximum atomic E-state index is 13.7. The molecule has 1 N–H and O–H groups in total. The number of ether oxygens (including phenoxy) is 2. The lowest BCUT2D eigenvalue weighted by Gasteiger charge is -2.19. The maximum Gasteiger partial charge on any atom is 0.307 e. The lowest BCUT2D eigenvalue weighted by atomic mass is 10.0. The molecular weight excluding hydrogens is 325 g/mol. The Hall–Kier alpha value is -2.89. The summed E-state index contributed by atoms with van der Waals surface area (Å²) in [5.74, 6) is -0.605. The lowest BCUT2D eigenvalue weighted by molar-refractivity contribution is -0.141. The highest BCUT2D eigenvalue weighted by Gasteiger charge is 2.19. The Bertz CT molecular complexity index is 730. The number of amides is 1. The number of halogens is 1. The van der Waals surface area contributed by atoms with Crippen LogP contribution in [0.2, 0.25) is 0 Å². The second kappa shape index (κ2) is 8.82. The molecule has 0 spiro atoms. The smallest absolute Gasteiger partial charge is 0.307 e. The third-order valence-electron chi connectivity index (χ3n) is 3.76. The van der Waals surface area contributed by atoms with Gasteiger partial charge in [-0.25, -0.2) is 4.39 Å². The second-order valence-corrected chi connectivity index (χ2v) is 5.44. The summed E-state index contributed by atoms with van der Waals surface area (Å²) in [5, 5.41) is 2.76. The Balaban J connectivity index is 2.13. The maximum absolute atomic E-state index is 13.7. The summed E-state index contributed by atoms with van der Waals surface area (Å²) in [7, 11) is 2.84. The molecular formula is C19H20FNO4. The van der Waals surface area contributed by atoms with E-state index in [2.05, 4.69) is 5.32 Å². The number of hydrogen-bond donors (Lipinski definition) is 1. The van der Waals surface area contributed by atoms with Crippen LogP contribution in [-0.4, -0.2) is 26.1 Å². The summed E-state index contributed by atoms with van der Waals surface area (Å²) in [4.78, 5) is 23.9. The fraction of sp³-hybridized carbons (Fsp3) is 0.263. The molecule has 1 unspecified atom stereocenters. The average molecular weight is 345 g/mol. The first-order valence-electron chi connectivity index (χ1n) is 7.77. The molecule has 0 aliphatic rings. The van der Waals surface area contributed by atoms with Crippen LogP contribution < -0.4 is 10.1 Å². The van der Waals surface area contributed by atoms with E-state index in [0.717, 1.165) is 5.56 Å². The van der Waals surface area contributed by atoms with Crippen LogP contribution in [0.3, 0.4) is 0 Å². The molecule has 2 aromatic carbocycles. The fourth-order valence-corrected chi connectivity index (χ4v) is 2.40. The van der Waals surface area contributed by atoms with Gasteiger partial charge in [-0.15, -0.1) is 0 Å². The largest absolute Gasteiger partial charge is 0.497 e. The van der Waals surface area contributed by atoms with E-state index >= 15 is 0 Å². The highest BCUT2D eigenvalue weighted by molar-refractivity contribution is 5.80. The predicted octanol–water partition coefficient (Wildman–Crippen LogP) is 2.80. The van der Waals surface area contributed by atoms with Gasteiger partial charge in [0.2, 0.25) is 5.91 Å². The third kappa shape index (κ3) is 5.31. The minimum Gasteiger partial charge on any atom is -0.497 e. The van der Waals surface area contributed by atoms with Crippen LogP contribution in [0.15, 0.2) is 48.5 Å². The average Bonchev–Trinajstić information content (AvgIpc) is 2.63. The molecule has 0 fully saturated rings. The van der Waals surface area contributed by atoms with Crippen molar-refractivity contribution >= 4 is 11.9 Å². The predicted molar refractivity (Wildman–Crippen MR) is 90.6 cm³/mol. The molecule has 0 heterocycles. The van der Waals surface area contributed by atoms with E-state index in [9.17, 15) is 14.0 Å². The number of carbonyl (C=O) groups excluding carboxylic acids is 2. The summed E-state index contributed by atoms with van der Waals surface area (Å²) in [6, 6.07) is 12.5. The quantitative estimate of drug-likeness (QED) is 0.784. The van der Waals surface area contributed by atoms with Crippen molar-refractivity contribution in [2.24, 2.45) is 0 Å². The Morgan fingerprint density at radius 3 is 2.36 bits per heavy atom. The molecule has 25 heavy (non-hydrogen) atoms. The molecule has 0 saturated carbocycles. The second-order valence-electron chi connectivity index (χ2n) is 5.44. The van der Waals surface area contributed by atoms with Crippen molar-refractivity contribution < 1.29 is 23.5 Å². The first kappa shape index (κ1) is 18.4. The van der Waals surface area contributed by atoms with Gasteiger partial charge in [-0.1, -0.05) is 30.3 Å². The van der Waals surface area contributed by atoms with E-state index in [1.54, 1.807) is 49.6 Å². The Morgan fingerprint density at radius 1 is 1.08 bits per heavy atom. The van der Waals surface area contributed by atoms with Crippen LogP contribution >= 0.6 is 0 Å². The first-order valence-corrected chi connectivity index (χ1v) is 7.77. The van der Waals surface area contributed by atoms with Gasteiger partial charge in [0.25, 0.3) is 0 Å². The number of methoxy groups -OCH3 is 2. The van der Waals surface area contributed by atoms with Crippen LogP contribution in [0, 0.1) is 5.82 Å². The van der Waals surface area contributed by atoms with Crippen LogP contribution in [0.5, 0.6) is 5.75 Å². The summed E-state index contributed by atoms with van der Waals surface area (Å²) in [6.07, 6.45) is -0.133. The highest BCUT2D eigenvalue weighted by Crippen LogP contribution is 2.21. The topological polar surface area (TPSA) is 64.6 Å². The van der Waals surface area contributed by atoms with Gasteiger partial charge in [0.15, 0.2) is 0 Å². The van der Waals surface area contributed by atoms with Crippen molar-refractivity contribution in [2.75, 3.05) is 14.2 Å². The normalized spacial score (nSPS) is 11.5. The molecule has 1 amide bonds. The molecule has 0 radical (unpaired) electrons. The van der Waals surface area contributed by atoms with Gasteiger partial charge < -0.3 is 14.8 Å². The van der Waals surface area contributed by atoms with Crippen molar-refractivity contribution in [1.29, 1.82) is 0 Å². The van der Waals surface area contributed by atoms with Crippen LogP contribution in [0.25, 0.3) is 0 Å². The number of nitrogens with one attached hydrogen (secondary N) is 1. The standard InChI is InChI=1S/C19H20FNO4/c1-24-15-9-7-13(8-10-15)17(12-19(23)25-2)21-18(22)11-14-5-3-4-6-16(14)20/h3-10,17H,11-12H2,1-2H3,(H,21,22). The van der Waals surface area contributed by atoms with E-state index in [1.807, 2.05) is 0 Å². The van der Waals surface area contributed by atoms with Crippen LogP contribution in [0.1, 0.15) is 23.6 Å². The van der Waals surface area contributed by atoms with Crippen molar-refractivity contribution in [1.82, 2.24) is 5.32 Å². The molecule has 0 bridgehead atoms. The lowest BCUT2D eigenvalue weighted by Crippen LogP contribution is -2.31. The molecule has 0 aliphatic heterocycles.